The molecule has 4 rings (SSSR count). The first-order chi connectivity index (χ1) is 16.9. The van der Waals surface area contributed by atoms with Crippen LogP contribution in [-0.4, -0.2) is 60.8 Å². The van der Waals surface area contributed by atoms with Crippen LogP contribution in [0.2, 0.25) is 0 Å². The summed E-state index contributed by atoms with van der Waals surface area (Å²) in [7, 11) is 0. The lowest BCUT2D eigenvalue weighted by atomic mass is 9.97. The number of alkyl halides is 3. The molecule has 0 radical (unpaired) electrons. The fourth-order valence-electron chi connectivity index (χ4n) is 5.36. The van der Waals surface area contributed by atoms with E-state index in [1.165, 1.54) is 17.0 Å². The molecular weight excluding hydrogens is 481 g/mol. The molecule has 1 aromatic carbocycles. The van der Waals surface area contributed by atoms with Crippen molar-refractivity contribution in [2.24, 2.45) is 23.2 Å². The predicted molar refractivity (Wildman–Crippen MR) is 118 cm³/mol. The van der Waals surface area contributed by atoms with Gasteiger partial charge in [0.25, 0.3) is 5.91 Å². The van der Waals surface area contributed by atoms with Crippen LogP contribution < -0.4 is 20.1 Å². The van der Waals surface area contributed by atoms with Crippen LogP contribution in [0.5, 0.6) is 11.5 Å². The Labute approximate surface area is 205 Å². The first-order valence-corrected chi connectivity index (χ1v) is 11.7. The van der Waals surface area contributed by atoms with Gasteiger partial charge in [0.15, 0.2) is 6.61 Å². The number of carbonyl (C=O) groups excluding carboxylic acids is 3. The van der Waals surface area contributed by atoms with Gasteiger partial charge >= 0.3 is 6.36 Å². The highest BCUT2D eigenvalue weighted by Gasteiger charge is 2.69. The number of hydrogen-bond donors (Lipinski definition) is 2. The zero-order valence-corrected chi connectivity index (χ0v) is 19.8. The smallest absolute Gasteiger partial charge is 0.484 e. The maximum atomic E-state index is 13.2. The molecule has 0 spiro atoms. The van der Waals surface area contributed by atoms with E-state index in [2.05, 4.69) is 15.4 Å². The van der Waals surface area contributed by atoms with Gasteiger partial charge in [-0.3, -0.25) is 14.4 Å². The maximum Gasteiger partial charge on any atom is 0.573 e. The van der Waals surface area contributed by atoms with Crippen LogP contribution in [0.1, 0.15) is 26.7 Å². The number of ether oxygens (including phenoxy) is 2. The Hall–Kier alpha value is -3.49. The van der Waals surface area contributed by atoms with E-state index in [1.807, 2.05) is 19.9 Å². The van der Waals surface area contributed by atoms with Crippen LogP contribution in [0.15, 0.2) is 24.3 Å². The number of benzene rings is 1. The fraction of sp³-hybridized carbons (Fsp3) is 0.583. The second-order valence-corrected chi connectivity index (χ2v) is 9.96. The molecule has 3 fully saturated rings. The van der Waals surface area contributed by atoms with E-state index in [1.54, 1.807) is 0 Å². The highest BCUT2D eigenvalue weighted by atomic mass is 19.4. The van der Waals surface area contributed by atoms with E-state index in [4.69, 9.17) is 4.74 Å². The first-order valence-electron chi connectivity index (χ1n) is 11.7. The molecule has 1 aromatic rings. The predicted octanol–water partition coefficient (Wildman–Crippen LogP) is 1.98. The van der Waals surface area contributed by atoms with E-state index in [-0.39, 0.29) is 41.2 Å². The zero-order valence-electron chi connectivity index (χ0n) is 19.8. The van der Waals surface area contributed by atoms with Gasteiger partial charge in [0.2, 0.25) is 11.8 Å². The third-order valence-corrected chi connectivity index (χ3v) is 7.37. The molecule has 1 aliphatic carbocycles. The highest BCUT2D eigenvalue weighted by molar-refractivity contribution is 5.90. The largest absolute Gasteiger partial charge is 0.573 e. The molecule has 3 amide bonds. The molecule has 3 aliphatic rings. The summed E-state index contributed by atoms with van der Waals surface area (Å²) in [5.41, 5.74) is -0.137. The van der Waals surface area contributed by atoms with E-state index >= 15 is 0 Å². The number of halogens is 3. The zero-order chi connectivity index (χ0) is 26.3. The number of piperidine rings is 1. The number of rotatable bonds is 8. The summed E-state index contributed by atoms with van der Waals surface area (Å²) in [6.45, 7) is 4.54. The van der Waals surface area contributed by atoms with Gasteiger partial charge in [-0.15, -0.1) is 13.2 Å². The number of carbonyl (C=O) groups is 3. The second-order valence-electron chi connectivity index (χ2n) is 9.96. The topological polar surface area (TPSA) is 121 Å². The quantitative estimate of drug-likeness (QED) is 0.554. The molecule has 1 saturated carbocycles. The molecule has 5 unspecified atom stereocenters. The number of likely N-dealkylation sites (tertiary alicyclic amines) is 1. The summed E-state index contributed by atoms with van der Waals surface area (Å²) in [4.78, 5) is 39.5. The highest BCUT2D eigenvalue weighted by Crippen LogP contribution is 2.64. The van der Waals surface area contributed by atoms with Crippen molar-refractivity contribution in [3.63, 3.8) is 0 Å². The van der Waals surface area contributed by atoms with Crippen LogP contribution in [0.3, 0.4) is 0 Å². The number of nitrogens with one attached hydrogen (secondary N) is 2. The van der Waals surface area contributed by atoms with Gasteiger partial charge in [-0.25, -0.2) is 0 Å². The van der Waals surface area contributed by atoms with Crippen LogP contribution in [-0.2, 0) is 14.4 Å². The Bertz CT molecular complexity index is 1070. The molecular formula is C24H27F3N4O5. The molecule has 9 nitrogen and oxygen atoms in total. The van der Waals surface area contributed by atoms with Gasteiger partial charge in [-0.1, -0.05) is 13.8 Å². The van der Waals surface area contributed by atoms with Gasteiger partial charge < -0.3 is 25.0 Å². The summed E-state index contributed by atoms with van der Waals surface area (Å²) >= 11 is 0. The molecule has 2 heterocycles. The van der Waals surface area contributed by atoms with Crippen molar-refractivity contribution in [1.29, 1.82) is 5.26 Å². The first kappa shape index (κ1) is 25.6. The Kier molecular flexibility index (Phi) is 6.77. The lowest BCUT2D eigenvalue weighted by Gasteiger charge is -2.30. The number of nitrogens with zero attached hydrogens (tertiary/aromatic N) is 2. The van der Waals surface area contributed by atoms with Crippen molar-refractivity contribution >= 4 is 17.7 Å². The van der Waals surface area contributed by atoms with Gasteiger partial charge in [0.1, 0.15) is 23.6 Å². The minimum Gasteiger partial charge on any atom is -0.484 e. The number of amides is 3. The average molecular weight is 508 g/mol. The lowest BCUT2D eigenvalue weighted by Crippen LogP contribution is -2.53. The summed E-state index contributed by atoms with van der Waals surface area (Å²) in [6.07, 6.45) is -4.02. The molecule has 2 N–H and O–H groups in total. The molecule has 5 atom stereocenters. The maximum absolute atomic E-state index is 13.2. The Morgan fingerprint density at radius 3 is 2.53 bits per heavy atom. The average Bonchev–Trinajstić information content (AvgIpc) is 3.16. The Morgan fingerprint density at radius 1 is 1.28 bits per heavy atom. The van der Waals surface area contributed by atoms with Crippen molar-refractivity contribution in [1.82, 2.24) is 15.5 Å². The molecule has 0 aromatic heterocycles. The molecule has 2 aliphatic heterocycles. The van der Waals surface area contributed by atoms with Crippen molar-refractivity contribution in [3.05, 3.63) is 24.3 Å². The van der Waals surface area contributed by atoms with Crippen LogP contribution in [0.4, 0.5) is 13.2 Å². The van der Waals surface area contributed by atoms with E-state index < -0.39 is 42.6 Å². The van der Waals surface area contributed by atoms with Gasteiger partial charge in [-0.05, 0) is 54.4 Å². The third kappa shape index (κ3) is 5.34. The monoisotopic (exact) mass is 508 g/mol. The molecule has 12 heteroatoms. The van der Waals surface area contributed by atoms with E-state index in [9.17, 15) is 32.8 Å². The van der Waals surface area contributed by atoms with Crippen molar-refractivity contribution < 1.29 is 37.0 Å². The van der Waals surface area contributed by atoms with Crippen LogP contribution >= 0.6 is 0 Å². The Morgan fingerprint density at radius 2 is 1.94 bits per heavy atom. The van der Waals surface area contributed by atoms with Crippen molar-refractivity contribution in [2.45, 2.75) is 45.1 Å². The standard InChI is InChI=1S/C24H27F3N4O5/c1-23(2)17-11-31(18(32)12-35-15-3-5-16(6-4-15)36-24(25,26)27)20(19(17)23)22(34)30-14(10-28)9-13-7-8-29-21(13)33/h3-6,13-14,17,19-20H,7-9,11-12H2,1-2H3,(H,29,33)(H,30,34). The SMILES string of the molecule is CC1(C)C2CN(C(=O)COc3ccc(OC(F)(F)F)cc3)C(C(=O)NC(C#N)CC3CCNC3=O)C21. The number of fused-ring (bicyclic) bond motifs is 1. The summed E-state index contributed by atoms with van der Waals surface area (Å²) < 4.78 is 46.2. The minimum atomic E-state index is -4.81. The van der Waals surface area contributed by atoms with Gasteiger partial charge in [0, 0.05) is 19.0 Å². The fourth-order valence-corrected chi connectivity index (χ4v) is 5.36. The molecule has 36 heavy (non-hydrogen) atoms. The lowest BCUT2D eigenvalue weighted by molar-refractivity contribution is -0.274. The third-order valence-electron chi connectivity index (χ3n) is 7.37. The summed E-state index contributed by atoms with van der Waals surface area (Å²) in [5, 5.41) is 15.0. The van der Waals surface area contributed by atoms with Gasteiger partial charge in [0.05, 0.1) is 6.07 Å². The summed E-state index contributed by atoms with van der Waals surface area (Å²) in [5.74, 6) is -1.57. The van der Waals surface area contributed by atoms with Crippen molar-refractivity contribution in [2.75, 3.05) is 19.7 Å². The minimum absolute atomic E-state index is 0.0747. The van der Waals surface area contributed by atoms with E-state index in [0.29, 0.717) is 19.5 Å². The van der Waals surface area contributed by atoms with E-state index in [0.717, 1.165) is 12.1 Å². The summed E-state index contributed by atoms with van der Waals surface area (Å²) in [6, 6.07) is 5.04. The number of hydrogen-bond acceptors (Lipinski definition) is 6. The van der Waals surface area contributed by atoms with Crippen LogP contribution in [0, 0.1) is 34.5 Å². The van der Waals surface area contributed by atoms with Gasteiger partial charge in [-0.2, -0.15) is 5.26 Å². The number of nitriles is 1. The van der Waals surface area contributed by atoms with Crippen LogP contribution in [0.25, 0.3) is 0 Å². The molecule has 194 valence electrons. The normalized spacial score (nSPS) is 26.9. The molecule has 0 bridgehead atoms. The van der Waals surface area contributed by atoms with Crippen molar-refractivity contribution in [3.8, 4) is 17.6 Å². The molecule has 2 saturated heterocycles. The Balaban J connectivity index is 1.37. The second kappa shape index (κ2) is 9.52.